The molecule has 1 atom stereocenters. The van der Waals surface area contributed by atoms with Gasteiger partial charge in [0.1, 0.15) is 16.2 Å². The molecule has 5 nitrogen and oxygen atoms in total. The van der Waals surface area contributed by atoms with E-state index in [1.165, 1.54) is 0 Å². The Kier molecular flexibility index (Phi) is 5.53. The maximum absolute atomic E-state index is 13.3. The summed E-state index contributed by atoms with van der Waals surface area (Å²) < 4.78 is 32.5. The Morgan fingerprint density at radius 2 is 1.83 bits per heavy atom. The fraction of sp³-hybridized carbons (Fsp3) is 0.143. The fourth-order valence-corrected chi connectivity index (χ4v) is 2.89. The number of ether oxygens (including phenoxy) is 1. The van der Waals surface area contributed by atoms with Gasteiger partial charge in [-0.1, -0.05) is 0 Å². The van der Waals surface area contributed by atoms with Gasteiger partial charge in [0.2, 0.25) is 0 Å². The van der Waals surface area contributed by atoms with Crippen molar-refractivity contribution >= 4 is 43.6 Å². The molecule has 0 aliphatic carbocycles. The van der Waals surface area contributed by atoms with Crippen LogP contribution in [0.15, 0.2) is 33.3 Å². The van der Waals surface area contributed by atoms with Crippen LogP contribution < -0.4 is 11.5 Å². The van der Waals surface area contributed by atoms with E-state index >= 15 is 0 Å². The number of nitrogens with zero attached hydrogens (tertiary/aromatic N) is 1. The second kappa shape index (κ2) is 7.22. The highest BCUT2D eigenvalue weighted by molar-refractivity contribution is 9.11. The predicted molar refractivity (Wildman–Crippen MR) is 87.5 cm³/mol. The molecule has 0 aliphatic rings. The molecule has 0 radical (unpaired) electrons. The number of nitrogens with two attached hydrogens (primary N) is 2. The van der Waals surface area contributed by atoms with Crippen molar-refractivity contribution in [3.8, 4) is 0 Å². The van der Waals surface area contributed by atoms with E-state index in [4.69, 9.17) is 16.2 Å². The molecule has 0 spiro atoms. The van der Waals surface area contributed by atoms with Crippen molar-refractivity contribution in [2.45, 2.75) is 12.5 Å². The van der Waals surface area contributed by atoms with E-state index in [1.807, 2.05) is 0 Å². The monoisotopic (exact) mass is 449 g/mol. The molecule has 0 saturated carbocycles. The minimum atomic E-state index is -1.03. The number of rotatable bonds is 4. The second-order valence-corrected chi connectivity index (χ2v) is 6.25. The molecule has 122 valence electrons. The SMILES string of the molecule is NC(=O)OC(Cc1cc(F)cc(F)c1)c1nc(Br)c(N)cc1Br. The van der Waals surface area contributed by atoms with Gasteiger partial charge in [-0.05, 0) is 55.6 Å². The molecule has 1 aromatic carbocycles. The Morgan fingerprint density at radius 3 is 2.39 bits per heavy atom. The number of nitrogen functional groups attached to an aromatic ring is 1. The van der Waals surface area contributed by atoms with Crippen molar-refractivity contribution in [1.82, 2.24) is 4.98 Å². The minimum absolute atomic E-state index is 0.0143. The van der Waals surface area contributed by atoms with Gasteiger partial charge in [0.15, 0.2) is 6.10 Å². The molecule has 4 N–H and O–H groups in total. The lowest BCUT2D eigenvalue weighted by molar-refractivity contribution is 0.104. The van der Waals surface area contributed by atoms with Gasteiger partial charge in [0, 0.05) is 17.0 Å². The summed E-state index contributed by atoms with van der Waals surface area (Å²) in [5, 5.41) is 0. The van der Waals surface area contributed by atoms with Crippen molar-refractivity contribution in [1.29, 1.82) is 0 Å². The number of carbonyl (C=O) groups is 1. The van der Waals surface area contributed by atoms with Crippen LogP contribution in [0.2, 0.25) is 0 Å². The second-order valence-electron chi connectivity index (χ2n) is 4.64. The molecule has 0 saturated heterocycles. The first-order valence-corrected chi connectivity index (χ1v) is 7.87. The molecule has 0 fully saturated rings. The van der Waals surface area contributed by atoms with E-state index in [9.17, 15) is 13.6 Å². The van der Waals surface area contributed by atoms with Crippen LogP contribution in [0.1, 0.15) is 17.4 Å². The van der Waals surface area contributed by atoms with Crippen LogP contribution in [-0.2, 0) is 11.2 Å². The van der Waals surface area contributed by atoms with Crippen molar-refractivity contribution in [3.63, 3.8) is 0 Å². The normalized spacial score (nSPS) is 12.0. The molecule has 2 aromatic rings. The molecule has 0 bridgehead atoms. The van der Waals surface area contributed by atoms with Gasteiger partial charge in [-0.25, -0.2) is 18.6 Å². The number of anilines is 1. The first-order valence-electron chi connectivity index (χ1n) is 6.28. The number of halogens is 4. The highest BCUT2D eigenvalue weighted by Gasteiger charge is 2.22. The van der Waals surface area contributed by atoms with Crippen molar-refractivity contribution in [3.05, 3.63) is 56.2 Å². The number of pyridine rings is 1. The first kappa shape index (κ1) is 17.6. The molecular formula is C14H11Br2F2N3O2. The Balaban J connectivity index is 2.41. The van der Waals surface area contributed by atoms with Crippen LogP contribution >= 0.6 is 31.9 Å². The zero-order chi connectivity index (χ0) is 17.1. The Hall–Kier alpha value is -1.74. The lowest BCUT2D eigenvalue weighted by Crippen LogP contribution is -2.20. The van der Waals surface area contributed by atoms with E-state index < -0.39 is 23.8 Å². The minimum Gasteiger partial charge on any atom is -0.439 e. The van der Waals surface area contributed by atoms with Crippen LogP contribution in [-0.4, -0.2) is 11.1 Å². The summed E-state index contributed by atoms with van der Waals surface area (Å²) in [6.45, 7) is 0. The van der Waals surface area contributed by atoms with Crippen LogP contribution in [0.3, 0.4) is 0 Å². The Morgan fingerprint density at radius 1 is 1.22 bits per heavy atom. The summed E-state index contributed by atoms with van der Waals surface area (Å²) in [5.41, 5.74) is 11.8. The van der Waals surface area contributed by atoms with E-state index in [0.29, 0.717) is 20.5 Å². The third-order valence-corrected chi connectivity index (χ3v) is 4.16. The van der Waals surface area contributed by atoms with Gasteiger partial charge in [0.25, 0.3) is 0 Å². The van der Waals surface area contributed by atoms with Crippen LogP contribution in [0.5, 0.6) is 0 Å². The lowest BCUT2D eigenvalue weighted by Gasteiger charge is -2.18. The number of carbonyl (C=O) groups excluding carboxylic acids is 1. The quantitative estimate of drug-likeness (QED) is 0.692. The molecule has 1 unspecified atom stereocenters. The molecule has 1 amide bonds. The summed E-state index contributed by atoms with van der Waals surface area (Å²) in [7, 11) is 0. The maximum Gasteiger partial charge on any atom is 0.405 e. The van der Waals surface area contributed by atoms with E-state index in [1.54, 1.807) is 6.07 Å². The van der Waals surface area contributed by atoms with Crippen molar-refractivity contribution in [2.24, 2.45) is 5.73 Å². The topological polar surface area (TPSA) is 91.2 Å². The number of amides is 1. The molecule has 2 rings (SSSR count). The van der Waals surface area contributed by atoms with Crippen molar-refractivity contribution in [2.75, 3.05) is 5.73 Å². The number of benzene rings is 1. The molecule has 9 heteroatoms. The van der Waals surface area contributed by atoms with Gasteiger partial charge in [-0.15, -0.1) is 0 Å². The number of hydrogen-bond acceptors (Lipinski definition) is 4. The molecule has 23 heavy (non-hydrogen) atoms. The van der Waals surface area contributed by atoms with E-state index in [-0.39, 0.29) is 12.0 Å². The number of aromatic nitrogens is 1. The first-order chi connectivity index (χ1) is 10.8. The molecule has 0 aliphatic heterocycles. The van der Waals surface area contributed by atoms with Gasteiger partial charge < -0.3 is 16.2 Å². The van der Waals surface area contributed by atoms with Gasteiger partial charge >= 0.3 is 6.09 Å². The number of hydrogen-bond donors (Lipinski definition) is 2. The van der Waals surface area contributed by atoms with Crippen LogP contribution in [0.4, 0.5) is 19.3 Å². The summed E-state index contributed by atoms with van der Waals surface area (Å²) in [6, 6.07) is 4.60. The lowest BCUT2D eigenvalue weighted by atomic mass is 10.0. The third kappa shape index (κ3) is 4.61. The highest BCUT2D eigenvalue weighted by atomic mass is 79.9. The Bertz CT molecular complexity index is 739. The van der Waals surface area contributed by atoms with Gasteiger partial charge in [-0.3, -0.25) is 0 Å². The van der Waals surface area contributed by atoms with Gasteiger partial charge in [0.05, 0.1) is 11.4 Å². The third-order valence-electron chi connectivity index (χ3n) is 2.89. The zero-order valence-electron chi connectivity index (χ0n) is 11.5. The fourth-order valence-electron chi connectivity index (χ4n) is 2.00. The Labute approximate surface area is 147 Å². The maximum atomic E-state index is 13.3. The largest absolute Gasteiger partial charge is 0.439 e. The van der Waals surface area contributed by atoms with Crippen molar-refractivity contribution < 1.29 is 18.3 Å². The summed E-state index contributed by atoms with van der Waals surface area (Å²) in [5.74, 6) is -1.47. The average molecular weight is 451 g/mol. The summed E-state index contributed by atoms with van der Waals surface area (Å²) >= 11 is 6.45. The molecular weight excluding hydrogens is 440 g/mol. The average Bonchev–Trinajstić information content (AvgIpc) is 2.40. The van der Waals surface area contributed by atoms with Crippen LogP contribution in [0, 0.1) is 11.6 Å². The van der Waals surface area contributed by atoms with Gasteiger partial charge in [-0.2, -0.15) is 0 Å². The summed E-state index contributed by atoms with van der Waals surface area (Å²) in [6.07, 6.45) is -1.99. The molecule has 1 aromatic heterocycles. The smallest absolute Gasteiger partial charge is 0.405 e. The molecule has 1 heterocycles. The highest BCUT2D eigenvalue weighted by Crippen LogP contribution is 2.32. The predicted octanol–water partition coefficient (Wildman–Crippen LogP) is 3.85. The zero-order valence-corrected chi connectivity index (χ0v) is 14.7. The number of primary amides is 1. The van der Waals surface area contributed by atoms with E-state index in [0.717, 1.165) is 18.2 Å². The summed E-state index contributed by atoms with van der Waals surface area (Å²) in [4.78, 5) is 15.3. The van der Waals surface area contributed by atoms with E-state index in [2.05, 4.69) is 36.8 Å². The standard InChI is InChI=1S/C14H11Br2F2N3O2/c15-9-5-10(19)13(16)21-12(9)11(23-14(20)22)3-6-1-7(17)4-8(18)2-6/h1-2,4-5,11H,3,19H2,(H2,20,22). The van der Waals surface area contributed by atoms with Crippen LogP contribution in [0.25, 0.3) is 0 Å².